The van der Waals surface area contributed by atoms with Crippen molar-refractivity contribution in [1.82, 2.24) is 0 Å². The minimum absolute atomic E-state index is 0.202. The molecule has 1 amide bonds. The van der Waals surface area contributed by atoms with Crippen molar-refractivity contribution in [2.24, 2.45) is 10.2 Å². The first-order valence-electron chi connectivity index (χ1n) is 8.07. The molecule has 0 atom stereocenters. The summed E-state index contributed by atoms with van der Waals surface area (Å²) < 4.78 is 13.8. The largest absolute Gasteiger partial charge is 0.465 e. The number of amides is 1. The highest BCUT2D eigenvalue weighted by atomic mass is 16.5. The lowest BCUT2D eigenvalue weighted by molar-refractivity contribution is 0.0599. The third-order valence-electron chi connectivity index (χ3n) is 3.67. The predicted molar refractivity (Wildman–Crippen MR) is 101 cm³/mol. The molecule has 9 nitrogen and oxygen atoms in total. The number of hydrogen-bond acceptors (Lipinski definition) is 8. The van der Waals surface area contributed by atoms with E-state index in [1.54, 1.807) is 37.3 Å². The number of carbonyl (C=O) groups excluding carboxylic acids is 3. The van der Waals surface area contributed by atoms with Gasteiger partial charge in [-0.3, -0.25) is 0 Å². The van der Waals surface area contributed by atoms with Crippen LogP contribution in [-0.4, -0.2) is 39.4 Å². The molecule has 0 spiro atoms. The van der Waals surface area contributed by atoms with E-state index in [9.17, 15) is 14.4 Å². The van der Waals surface area contributed by atoms with E-state index in [4.69, 9.17) is 9.47 Å². The van der Waals surface area contributed by atoms with E-state index >= 15 is 0 Å². The molecule has 0 saturated heterocycles. The summed E-state index contributed by atoms with van der Waals surface area (Å²) in [7, 11) is 3.72. The van der Waals surface area contributed by atoms with Crippen LogP contribution in [0.3, 0.4) is 0 Å². The van der Waals surface area contributed by atoms with E-state index in [2.05, 4.69) is 20.3 Å². The molecule has 0 heterocycles. The Balaban J connectivity index is 2.32. The Morgan fingerprint density at radius 2 is 1.43 bits per heavy atom. The molecule has 0 saturated carbocycles. The molecule has 146 valence electrons. The van der Waals surface area contributed by atoms with E-state index in [1.165, 1.54) is 27.4 Å². The highest BCUT2D eigenvalue weighted by molar-refractivity contribution is 5.97. The third-order valence-corrected chi connectivity index (χ3v) is 3.67. The molecule has 0 aliphatic heterocycles. The van der Waals surface area contributed by atoms with Crippen molar-refractivity contribution < 1.29 is 28.6 Å². The molecule has 0 aliphatic carbocycles. The van der Waals surface area contributed by atoms with Crippen LogP contribution < -0.4 is 5.32 Å². The maximum absolute atomic E-state index is 11.9. The number of rotatable bonds is 5. The van der Waals surface area contributed by atoms with Gasteiger partial charge in [-0.05, 0) is 48.9 Å². The molecule has 28 heavy (non-hydrogen) atoms. The number of anilines is 2. The standard InChI is InChI=1S/C19H19N3O6/c1-11-7-14(5-6-16(11)21-22-19(25)28-4)20-15-9-12(17(23)26-2)8-13(10-15)18(24)27-3/h5-10,20H,1-4H3. The number of azo groups is 1. The Morgan fingerprint density at radius 3 is 1.93 bits per heavy atom. The molecule has 0 radical (unpaired) electrons. The predicted octanol–water partition coefficient (Wildman–Crippen LogP) is 4.16. The van der Waals surface area contributed by atoms with Gasteiger partial charge in [0.2, 0.25) is 0 Å². The van der Waals surface area contributed by atoms with Crippen LogP contribution in [0.25, 0.3) is 0 Å². The van der Waals surface area contributed by atoms with Gasteiger partial charge in [0.15, 0.2) is 0 Å². The minimum Gasteiger partial charge on any atom is -0.465 e. The maximum atomic E-state index is 11.9. The van der Waals surface area contributed by atoms with Crippen molar-refractivity contribution in [1.29, 1.82) is 0 Å². The monoisotopic (exact) mass is 385 g/mol. The first kappa shape index (κ1) is 20.6. The lowest BCUT2D eigenvalue weighted by Crippen LogP contribution is -2.07. The van der Waals surface area contributed by atoms with Crippen LogP contribution in [-0.2, 0) is 14.2 Å². The quantitative estimate of drug-likeness (QED) is 0.467. The van der Waals surface area contributed by atoms with E-state index in [0.717, 1.165) is 5.56 Å². The van der Waals surface area contributed by atoms with Crippen LogP contribution in [0, 0.1) is 6.92 Å². The van der Waals surface area contributed by atoms with E-state index in [0.29, 0.717) is 17.1 Å². The van der Waals surface area contributed by atoms with Crippen LogP contribution in [0.2, 0.25) is 0 Å². The van der Waals surface area contributed by atoms with E-state index in [-0.39, 0.29) is 11.1 Å². The van der Waals surface area contributed by atoms with Crippen molar-refractivity contribution in [3.63, 3.8) is 0 Å². The third kappa shape index (κ3) is 5.13. The van der Waals surface area contributed by atoms with Gasteiger partial charge in [-0.15, -0.1) is 5.11 Å². The van der Waals surface area contributed by atoms with Crippen LogP contribution >= 0.6 is 0 Å². The zero-order valence-corrected chi connectivity index (χ0v) is 15.8. The number of nitrogens with one attached hydrogen (secondary N) is 1. The molecule has 0 aliphatic rings. The highest BCUT2D eigenvalue weighted by Crippen LogP contribution is 2.26. The average Bonchev–Trinajstić information content (AvgIpc) is 2.71. The zero-order valence-electron chi connectivity index (χ0n) is 15.8. The van der Waals surface area contributed by atoms with Gasteiger partial charge in [-0.25, -0.2) is 14.4 Å². The van der Waals surface area contributed by atoms with Crippen LogP contribution in [0.4, 0.5) is 21.9 Å². The number of carbonyl (C=O) groups is 3. The molecule has 2 aromatic rings. The fraction of sp³-hybridized carbons (Fsp3) is 0.211. The van der Waals surface area contributed by atoms with E-state index < -0.39 is 18.0 Å². The average molecular weight is 385 g/mol. The highest BCUT2D eigenvalue weighted by Gasteiger charge is 2.14. The van der Waals surface area contributed by atoms with Crippen molar-refractivity contribution >= 4 is 35.1 Å². The normalized spacial score (nSPS) is 10.4. The molecule has 0 fully saturated rings. The lowest BCUT2D eigenvalue weighted by atomic mass is 10.1. The van der Waals surface area contributed by atoms with Crippen LogP contribution in [0.5, 0.6) is 0 Å². The zero-order chi connectivity index (χ0) is 20.7. The van der Waals surface area contributed by atoms with Crippen molar-refractivity contribution in [3.05, 3.63) is 53.1 Å². The summed E-state index contributed by atoms with van der Waals surface area (Å²) in [5, 5.41) is 10.3. The van der Waals surface area contributed by atoms with Gasteiger partial charge in [0.05, 0.1) is 38.1 Å². The molecule has 0 unspecified atom stereocenters. The molecule has 2 rings (SSSR count). The maximum Gasteiger partial charge on any atom is 0.452 e. The van der Waals surface area contributed by atoms with Crippen molar-refractivity contribution in [2.75, 3.05) is 26.6 Å². The molecule has 2 aromatic carbocycles. The summed E-state index contributed by atoms with van der Waals surface area (Å²) in [6.07, 6.45) is -0.795. The number of benzene rings is 2. The molecular weight excluding hydrogens is 366 g/mol. The molecule has 1 N–H and O–H groups in total. The number of nitrogens with zero attached hydrogens (tertiary/aromatic N) is 2. The van der Waals surface area contributed by atoms with Gasteiger partial charge < -0.3 is 19.5 Å². The number of ether oxygens (including phenoxy) is 3. The Morgan fingerprint density at radius 1 is 0.821 bits per heavy atom. The second kappa shape index (κ2) is 9.26. The fourth-order valence-electron chi connectivity index (χ4n) is 2.32. The van der Waals surface area contributed by atoms with E-state index in [1.807, 2.05) is 0 Å². The number of methoxy groups -OCH3 is 3. The SMILES string of the molecule is COC(=O)N=Nc1ccc(Nc2cc(C(=O)OC)cc(C(=O)OC)c2)cc1C. The Labute approximate surface area is 161 Å². The molecule has 0 bridgehead atoms. The Bertz CT molecular complexity index is 905. The van der Waals surface area contributed by atoms with Gasteiger partial charge >= 0.3 is 18.0 Å². The fourth-order valence-corrected chi connectivity index (χ4v) is 2.32. The summed E-state index contributed by atoms with van der Waals surface area (Å²) in [5.74, 6) is -1.16. The molecule has 9 heteroatoms. The second-order valence-electron chi connectivity index (χ2n) is 5.58. The number of esters is 2. The van der Waals surface area contributed by atoms with Crippen molar-refractivity contribution in [3.8, 4) is 0 Å². The van der Waals surface area contributed by atoms with Gasteiger partial charge in [-0.1, -0.05) is 5.11 Å². The van der Waals surface area contributed by atoms with Crippen LogP contribution in [0.15, 0.2) is 46.6 Å². The summed E-state index contributed by atoms with van der Waals surface area (Å²) in [6.45, 7) is 1.79. The smallest absolute Gasteiger partial charge is 0.452 e. The summed E-state index contributed by atoms with van der Waals surface area (Å²) >= 11 is 0. The molecule has 0 aromatic heterocycles. The minimum atomic E-state index is -0.795. The summed E-state index contributed by atoms with van der Waals surface area (Å²) in [6, 6.07) is 9.65. The van der Waals surface area contributed by atoms with Crippen molar-refractivity contribution in [2.45, 2.75) is 6.92 Å². The number of aryl methyl sites for hydroxylation is 1. The second-order valence-corrected chi connectivity index (χ2v) is 5.58. The lowest BCUT2D eigenvalue weighted by Gasteiger charge is -2.11. The van der Waals surface area contributed by atoms with Gasteiger partial charge in [-0.2, -0.15) is 0 Å². The van der Waals surface area contributed by atoms with Crippen LogP contribution in [0.1, 0.15) is 26.3 Å². The molecular formula is C19H19N3O6. The van der Waals surface area contributed by atoms with Gasteiger partial charge in [0.25, 0.3) is 0 Å². The summed E-state index contributed by atoms with van der Waals surface area (Å²) in [4.78, 5) is 34.8. The first-order valence-corrected chi connectivity index (χ1v) is 8.07. The summed E-state index contributed by atoms with van der Waals surface area (Å²) in [5.41, 5.74) is 2.81. The Hall–Kier alpha value is -3.75. The topological polar surface area (TPSA) is 116 Å². The Kier molecular flexibility index (Phi) is 6.80. The number of hydrogen-bond donors (Lipinski definition) is 1. The first-order chi connectivity index (χ1) is 13.4. The van der Waals surface area contributed by atoms with Gasteiger partial charge in [0.1, 0.15) is 0 Å². The van der Waals surface area contributed by atoms with Gasteiger partial charge in [0, 0.05) is 11.4 Å².